The molecular formula is C20H20N4O3S. The zero-order chi connectivity index (χ0) is 19.3. The van der Waals surface area contributed by atoms with Crippen LogP contribution in [0.25, 0.3) is 5.69 Å². The first kappa shape index (κ1) is 18.5. The summed E-state index contributed by atoms with van der Waals surface area (Å²) in [6.45, 7) is 2.37. The normalized spacial score (nSPS) is 12.3. The molecule has 0 aliphatic carbocycles. The molecule has 0 radical (unpaired) electrons. The Labute approximate surface area is 167 Å². The van der Waals surface area contributed by atoms with Crippen LogP contribution in [0.15, 0.2) is 47.6 Å². The lowest BCUT2D eigenvalue weighted by atomic mass is 10.1. The van der Waals surface area contributed by atoms with Crippen LogP contribution in [-0.2, 0) is 6.42 Å². The zero-order valence-electron chi connectivity index (χ0n) is 15.5. The zero-order valence-corrected chi connectivity index (χ0v) is 16.3. The summed E-state index contributed by atoms with van der Waals surface area (Å²) < 4.78 is 12.3. The van der Waals surface area contributed by atoms with Gasteiger partial charge in [0, 0.05) is 5.56 Å². The molecule has 3 aromatic rings. The maximum Gasteiger partial charge on any atom is 0.231 e. The molecule has 0 spiro atoms. The maximum atomic E-state index is 12.5. The molecular weight excluding hydrogens is 376 g/mol. The molecule has 0 saturated carbocycles. The number of aryl methyl sites for hydroxylation is 1. The van der Waals surface area contributed by atoms with E-state index in [1.807, 2.05) is 12.1 Å². The quantitative estimate of drug-likeness (QED) is 0.424. The minimum atomic E-state index is -0.0206. The lowest BCUT2D eigenvalue weighted by Gasteiger charge is -2.06. The third kappa shape index (κ3) is 4.01. The van der Waals surface area contributed by atoms with E-state index in [9.17, 15) is 4.79 Å². The van der Waals surface area contributed by atoms with Gasteiger partial charge in [0.2, 0.25) is 11.9 Å². The number of carbonyl (C=O) groups excluding carboxylic acids is 1. The van der Waals surface area contributed by atoms with Crippen molar-refractivity contribution in [2.75, 3.05) is 12.5 Å². The first-order valence-electron chi connectivity index (χ1n) is 9.18. The fourth-order valence-corrected chi connectivity index (χ4v) is 3.68. The predicted molar refractivity (Wildman–Crippen MR) is 105 cm³/mol. The van der Waals surface area contributed by atoms with Gasteiger partial charge in [-0.3, -0.25) is 4.79 Å². The van der Waals surface area contributed by atoms with E-state index in [1.165, 1.54) is 30.2 Å². The van der Waals surface area contributed by atoms with E-state index in [4.69, 9.17) is 9.47 Å². The number of carbonyl (C=O) groups is 1. The summed E-state index contributed by atoms with van der Waals surface area (Å²) in [7, 11) is 0. The number of Topliss-reactive ketones (excluding diaryl/α,β-unsaturated/α-hetero) is 1. The highest BCUT2D eigenvalue weighted by Gasteiger charge is 2.17. The molecule has 2 heterocycles. The summed E-state index contributed by atoms with van der Waals surface area (Å²) >= 11 is 1.31. The highest BCUT2D eigenvalue weighted by Crippen LogP contribution is 2.33. The van der Waals surface area contributed by atoms with Gasteiger partial charge in [-0.15, -0.1) is 5.10 Å². The predicted octanol–water partition coefficient (Wildman–Crippen LogP) is 3.71. The van der Waals surface area contributed by atoms with Gasteiger partial charge in [0.1, 0.15) is 0 Å². The van der Waals surface area contributed by atoms with Gasteiger partial charge >= 0.3 is 0 Å². The number of hydrogen-bond donors (Lipinski definition) is 0. The molecule has 0 unspecified atom stereocenters. The summed E-state index contributed by atoms with van der Waals surface area (Å²) in [6, 6.07) is 13.4. The van der Waals surface area contributed by atoms with Gasteiger partial charge in [-0.25, -0.2) is 0 Å². The van der Waals surface area contributed by atoms with Crippen molar-refractivity contribution in [3.8, 4) is 17.2 Å². The Morgan fingerprint density at radius 3 is 2.79 bits per heavy atom. The first-order valence-corrected chi connectivity index (χ1v) is 10.2. The van der Waals surface area contributed by atoms with E-state index in [0.717, 1.165) is 12.1 Å². The van der Waals surface area contributed by atoms with Crippen LogP contribution in [-0.4, -0.2) is 38.5 Å². The first-order chi connectivity index (χ1) is 13.7. The van der Waals surface area contributed by atoms with Crippen molar-refractivity contribution in [2.24, 2.45) is 0 Å². The molecule has 0 atom stereocenters. The lowest BCUT2D eigenvalue weighted by Crippen LogP contribution is -2.05. The molecule has 1 aliphatic heterocycles. The number of rotatable bonds is 8. The average Bonchev–Trinajstić information content (AvgIpc) is 3.39. The molecule has 0 amide bonds. The van der Waals surface area contributed by atoms with Crippen molar-refractivity contribution >= 4 is 17.5 Å². The lowest BCUT2D eigenvalue weighted by molar-refractivity contribution is 0.102. The van der Waals surface area contributed by atoms with Crippen LogP contribution in [0.1, 0.15) is 35.7 Å². The fraction of sp³-hybridized carbons (Fsp3) is 0.300. The van der Waals surface area contributed by atoms with Gasteiger partial charge in [0.25, 0.3) is 0 Å². The van der Waals surface area contributed by atoms with Crippen molar-refractivity contribution in [2.45, 2.75) is 31.3 Å². The molecule has 0 fully saturated rings. The van der Waals surface area contributed by atoms with Crippen LogP contribution >= 0.6 is 11.8 Å². The molecule has 7 nitrogen and oxygen atoms in total. The van der Waals surface area contributed by atoms with Crippen molar-refractivity contribution in [1.29, 1.82) is 0 Å². The molecule has 0 bridgehead atoms. The number of unbranched alkanes of at least 4 members (excludes halogenated alkanes) is 1. The molecule has 28 heavy (non-hydrogen) atoms. The Balaban J connectivity index is 1.42. The van der Waals surface area contributed by atoms with Crippen LogP contribution < -0.4 is 9.47 Å². The maximum absolute atomic E-state index is 12.5. The number of ether oxygens (including phenoxy) is 2. The van der Waals surface area contributed by atoms with Crippen molar-refractivity contribution in [1.82, 2.24) is 20.2 Å². The number of benzene rings is 2. The number of nitrogens with zero attached hydrogens (tertiary/aromatic N) is 4. The van der Waals surface area contributed by atoms with Crippen molar-refractivity contribution < 1.29 is 14.3 Å². The highest BCUT2D eigenvalue weighted by atomic mass is 32.2. The fourth-order valence-electron chi connectivity index (χ4n) is 2.90. The summed E-state index contributed by atoms with van der Waals surface area (Å²) in [5.41, 5.74) is 2.75. The summed E-state index contributed by atoms with van der Waals surface area (Å²) in [5, 5.41) is 12.5. The second kappa shape index (κ2) is 8.43. The third-order valence-corrected chi connectivity index (χ3v) is 5.39. The second-order valence-corrected chi connectivity index (χ2v) is 7.37. The molecule has 2 aromatic carbocycles. The Morgan fingerprint density at radius 2 is 1.96 bits per heavy atom. The van der Waals surface area contributed by atoms with Gasteiger partial charge < -0.3 is 9.47 Å². The number of hydrogen-bond acceptors (Lipinski definition) is 7. The van der Waals surface area contributed by atoms with Gasteiger partial charge in [0.05, 0.1) is 11.4 Å². The van der Waals surface area contributed by atoms with Gasteiger partial charge in [-0.1, -0.05) is 37.2 Å². The number of fused-ring (bicyclic) bond motifs is 1. The molecule has 144 valence electrons. The molecule has 8 heteroatoms. The Hall–Kier alpha value is -2.87. The summed E-state index contributed by atoms with van der Waals surface area (Å²) in [4.78, 5) is 12.5. The smallest absolute Gasteiger partial charge is 0.231 e. The number of aromatic nitrogens is 4. The van der Waals surface area contributed by atoms with E-state index in [2.05, 4.69) is 34.6 Å². The monoisotopic (exact) mass is 396 g/mol. The average molecular weight is 396 g/mol. The molecule has 1 aromatic heterocycles. The minimum Gasteiger partial charge on any atom is -0.454 e. The van der Waals surface area contributed by atoms with E-state index < -0.39 is 0 Å². The van der Waals surface area contributed by atoms with Gasteiger partial charge in [-0.05, 0) is 59.2 Å². The van der Waals surface area contributed by atoms with E-state index in [-0.39, 0.29) is 18.3 Å². The highest BCUT2D eigenvalue weighted by molar-refractivity contribution is 7.99. The van der Waals surface area contributed by atoms with Crippen molar-refractivity contribution in [3.05, 3.63) is 53.6 Å². The SMILES string of the molecule is CCCCc1ccc(-n2nnnc2SCC(=O)c2ccc3c(c2)OCO3)cc1. The summed E-state index contributed by atoms with van der Waals surface area (Å²) in [6.07, 6.45) is 3.41. The molecule has 1 aliphatic rings. The summed E-state index contributed by atoms with van der Waals surface area (Å²) in [5.74, 6) is 1.47. The van der Waals surface area contributed by atoms with Crippen LogP contribution in [0.5, 0.6) is 11.5 Å². The van der Waals surface area contributed by atoms with Crippen LogP contribution in [0.3, 0.4) is 0 Å². The second-order valence-electron chi connectivity index (χ2n) is 6.42. The topological polar surface area (TPSA) is 79.1 Å². The minimum absolute atomic E-state index is 0.0206. The van der Waals surface area contributed by atoms with E-state index >= 15 is 0 Å². The Bertz CT molecular complexity index is 972. The Kier molecular flexibility index (Phi) is 5.57. The van der Waals surface area contributed by atoms with Crippen LogP contribution in [0.2, 0.25) is 0 Å². The number of ketones is 1. The molecule has 0 N–H and O–H groups in total. The van der Waals surface area contributed by atoms with E-state index in [1.54, 1.807) is 22.9 Å². The number of thioether (sulfide) groups is 1. The van der Waals surface area contributed by atoms with Gasteiger partial charge in [-0.2, -0.15) is 4.68 Å². The number of tetrazole rings is 1. The van der Waals surface area contributed by atoms with E-state index in [0.29, 0.717) is 22.2 Å². The third-order valence-electron chi connectivity index (χ3n) is 4.47. The van der Waals surface area contributed by atoms with Crippen LogP contribution in [0.4, 0.5) is 0 Å². The largest absolute Gasteiger partial charge is 0.454 e. The van der Waals surface area contributed by atoms with Gasteiger partial charge in [0.15, 0.2) is 17.3 Å². The standard InChI is InChI=1S/C20H20N4O3S/c1-2-3-4-14-5-8-16(9-6-14)24-20(21-22-23-24)28-12-17(25)15-7-10-18-19(11-15)27-13-26-18/h5-11H,2-4,12-13H2,1H3. The van der Waals surface area contributed by atoms with Crippen molar-refractivity contribution in [3.63, 3.8) is 0 Å². The molecule has 0 saturated heterocycles. The Morgan fingerprint density at radius 1 is 1.14 bits per heavy atom. The molecule has 4 rings (SSSR count). The van der Waals surface area contributed by atoms with Crippen LogP contribution in [0, 0.1) is 0 Å².